The van der Waals surface area contributed by atoms with Crippen LogP contribution >= 0.6 is 11.8 Å². The number of hydrogen-bond acceptors (Lipinski definition) is 2. The third-order valence-electron chi connectivity index (χ3n) is 2.85. The van der Waals surface area contributed by atoms with E-state index in [1.807, 2.05) is 11.8 Å². The van der Waals surface area contributed by atoms with Crippen molar-refractivity contribution < 1.29 is 0 Å². The molecule has 0 radical (unpaired) electrons. The highest BCUT2D eigenvalue weighted by Crippen LogP contribution is 2.39. The summed E-state index contributed by atoms with van der Waals surface area (Å²) < 4.78 is 0. The van der Waals surface area contributed by atoms with E-state index in [1.54, 1.807) is 5.57 Å². The standard InChI is InChI=1S/C12H13NS/c1-8-2-3-11-10(6-8)7-9-4-5-14-12(9)13-11/h2-3,6-7,12-13H,4-5H2,1H3. The molecule has 2 heteroatoms. The summed E-state index contributed by atoms with van der Waals surface area (Å²) in [4.78, 5) is 0. The van der Waals surface area contributed by atoms with E-state index in [2.05, 4.69) is 36.5 Å². The van der Waals surface area contributed by atoms with E-state index in [0.29, 0.717) is 5.37 Å². The van der Waals surface area contributed by atoms with Gasteiger partial charge < -0.3 is 5.32 Å². The highest BCUT2D eigenvalue weighted by molar-refractivity contribution is 8.00. The zero-order valence-electron chi connectivity index (χ0n) is 8.21. The van der Waals surface area contributed by atoms with Gasteiger partial charge in [-0.2, -0.15) is 0 Å². The molecule has 1 nitrogen and oxygen atoms in total. The Morgan fingerprint density at radius 2 is 2.36 bits per heavy atom. The first-order valence-corrected chi connectivity index (χ1v) is 6.07. The molecule has 1 N–H and O–H groups in total. The summed E-state index contributed by atoms with van der Waals surface area (Å²) in [6, 6.07) is 6.62. The average molecular weight is 203 g/mol. The molecule has 0 amide bonds. The summed E-state index contributed by atoms with van der Waals surface area (Å²) in [5, 5.41) is 4.13. The van der Waals surface area contributed by atoms with Crippen LogP contribution in [0.2, 0.25) is 0 Å². The molecule has 1 unspecified atom stereocenters. The SMILES string of the molecule is Cc1ccc2c(c1)C=C1CCSC1N2. The molecule has 1 aromatic carbocycles. The molecule has 1 fully saturated rings. The van der Waals surface area contributed by atoms with Crippen molar-refractivity contribution in [3.8, 4) is 0 Å². The predicted octanol–water partition coefficient (Wildman–Crippen LogP) is 3.27. The van der Waals surface area contributed by atoms with Gasteiger partial charge in [-0.15, -0.1) is 11.8 Å². The molecule has 0 saturated carbocycles. The Kier molecular flexibility index (Phi) is 1.84. The van der Waals surface area contributed by atoms with Crippen molar-refractivity contribution in [3.63, 3.8) is 0 Å². The van der Waals surface area contributed by atoms with Gasteiger partial charge in [0.05, 0.1) is 5.37 Å². The monoisotopic (exact) mass is 203 g/mol. The molecular weight excluding hydrogens is 190 g/mol. The lowest BCUT2D eigenvalue weighted by atomic mass is 10.0. The fraction of sp³-hybridized carbons (Fsp3) is 0.333. The average Bonchev–Trinajstić information content (AvgIpc) is 2.61. The van der Waals surface area contributed by atoms with Crippen molar-refractivity contribution in [2.45, 2.75) is 18.7 Å². The number of benzene rings is 1. The third kappa shape index (κ3) is 1.25. The number of rotatable bonds is 0. The third-order valence-corrected chi connectivity index (χ3v) is 4.04. The van der Waals surface area contributed by atoms with E-state index in [-0.39, 0.29) is 0 Å². The Morgan fingerprint density at radius 1 is 1.43 bits per heavy atom. The zero-order chi connectivity index (χ0) is 9.54. The second-order valence-corrected chi connectivity index (χ2v) is 5.17. The van der Waals surface area contributed by atoms with Gasteiger partial charge in [0.1, 0.15) is 0 Å². The lowest BCUT2D eigenvalue weighted by Crippen LogP contribution is -2.17. The molecule has 0 aliphatic carbocycles. The van der Waals surface area contributed by atoms with E-state index >= 15 is 0 Å². The van der Waals surface area contributed by atoms with E-state index in [0.717, 1.165) is 0 Å². The van der Waals surface area contributed by atoms with Crippen LogP contribution in [0.15, 0.2) is 23.8 Å². The van der Waals surface area contributed by atoms with Gasteiger partial charge in [0.25, 0.3) is 0 Å². The quantitative estimate of drug-likeness (QED) is 0.694. The fourth-order valence-corrected chi connectivity index (χ4v) is 3.29. The highest BCUT2D eigenvalue weighted by Gasteiger charge is 2.25. The molecule has 14 heavy (non-hydrogen) atoms. The topological polar surface area (TPSA) is 12.0 Å². The normalized spacial score (nSPS) is 23.5. The van der Waals surface area contributed by atoms with Crippen LogP contribution in [0.3, 0.4) is 0 Å². The Balaban J connectivity index is 2.09. The number of thioether (sulfide) groups is 1. The van der Waals surface area contributed by atoms with Crippen LogP contribution in [0, 0.1) is 6.92 Å². The Hall–Kier alpha value is -0.890. The first-order valence-electron chi connectivity index (χ1n) is 5.02. The molecule has 1 saturated heterocycles. The lowest BCUT2D eigenvalue weighted by molar-refractivity contribution is 1.06. The van der Waals surface area contributed by atoms with Gasteiger partial charge in [0.2, 0.25) is 0 Å². The van der Waals surface area contributed by atoms with Crippen molar-refractivity contribution in [2.24, 2.45) is 0 Å². The molecular formula is C12H13NS. The van der Waals surface area contributed by atoms with E-state index < -0.39 is 0 Å². The summed E-state index contributed by atoms with van der Waals surface area (Å²) in [6.07, 6.45) is 3.61. The van der Waals surface area contributed by atoms with Crippen LogP contribution in [0.4, 0.5) is 5.69 Å². The predicted molar refractivity (Wildman–Crippen MR) is 63.6 cm³/mol. The molecule has 1 aromatic rings. The summed E-state index contributed by atoms with van der Waals surface area (Å²) in [5.41, 5.74) is 5.55. The number of fused-ring (bicyclic) bond motifs is 2. The lowest BCUT2D eigenvalue weighted by Gasteiger charge is -2.22. The number of nitrogens with one attached hydrogen (secondary N) is 1. The molecule has 0 bridgehead atoms. The van der Waals surface area contributed by atoms with Gasteiger partial charge >= 0.3 is 0 Å². The van der Waals surface area contributed by atoms with Gasteiger partial charge in [-0.05, 0) is 42.4 Å². The van der Waals surface area contributed by atoms with Crippen molar-refractivity contribution in [3.05, 3.63) is 34.9 Å². The van der Waals surface area contributed by atoms with Crippen LogP contribution in [-0.4, -0.2) is 11.1 Å². The van der Waals surface area contributed by atoms with Crippen molar-refractivity contribution in [1.82, 2.24) is 0 Å². The van der Waals surface area contributed by atoms with Crippen molar-refractivity contribution in [2.75, 3.05) is 11.1 Å². The van der Waals surface area contributed by atoms with Crippen molar-refractivity contribution >= 4 is 23.5 Å². The first kappa shape index (κ1) is 8.42. The summed E-state index contributed by atoms with van der Waals surface area (Å²) in [7, 11) is 0. The fourth-order valence-electron chi connectivity index (χ4n) is 2.09. The zero-order valence-corrected chi connectivity index (χ0v) is 9.03. The van der Waals surface area contributed by atoms with Crippen molar-refractivity contribution in [1.29, 1.82) is 0 Å². The summed E-state index contributed by atoms with van der Waals surface area (Å²) in [6.45, 7) is 2.15. The Bertz CT molecular complexity index is 409. The second-order valence-electron chi connectivity index (χ2n) is 3.96. The molecule has 0 aromatic heterocycles. The number of hydrogen-bond donors (Lipinski definition) is 1. The highest BCUT2D eigenvalue weighted by atomic mass is 32.2. The Labute approximate surface area is 88.6 Å². The Morgan fingerprint density at radius 3 is 3.29 bits per heavy atom. The molecule has 72 valence electrons. The molecule has 0 spiro atoms. The minimum Gasteiger partial charge on any atom is -0.369 e. The van der Waals surface area contributed by atoms with Crippen LogP contribution in [0.25, 0.3) is 6.08 Å². The maximum Gasteiger partial charge on any atom is 0.0942 e. The van der Waals surface area contributed by atoms with E-state index in [1.165, 1.54) is 29.0 Å². The van der Waals surface area contributed by atoms with Gasteiger partial charge in [-0.3, -0.25) is 0 Å². The van der Waals surface area contributed by atoms with Gasteiger partial charge in [0, 0.05) is 5.69 Å². The maximum absolute atomic E-state index is 3.58. The number of aryl methyl sites for hydroxylation is 1. The second kappa shape index (κ2) is 3.06. The maximum atomic E-state index is 3.58. The van der Waals surface area contributed by atoms with Crippen LogP contribution < -0.4 is 5.32 Å². The molecule has 3 rings (SSSR count). The molecule has 2 aliphatic heterocycles. The van der Waals surface area contributed by atoms with Crippen LogP contribution in [0.5, 0.6) is 0 Å². The summed E-state index contributed by atoms with van der Waals surface area (Å²) in [5.74, 6) is 1.26. The minimum absolute atomic E-state index is 0.546. The van der Waals surface area contributed by atoms with Gasteiger partial charge in [0.15, 0.2) is 0 Å². The van der Waals surface area contributed by atoms with Gasteiger partial charge in [-0.1, -0.05) is 17.7 Å². The van der Waals surface area contributed by atoms with E-state index in [4.69, 9.17) is 0 Å². The van der Waals surface area contributed by atoms with Crippen LogP contribution in [0.1, 0.15) is 17.5 Å². The first-order chi connectivity index (χ1) is 6.83. The molecule has 2 aliphatic rings. The molecule has 1 atom stereocenters. The van der Waals surface area contributed by atoms with E-state index in [9.17, 15) is 0 Å². The van der Waals surface area contributed by atoms with Gasteiger partial charge in [-0.25, -0.2) is 0 Å². The van der Waals surface area contributed by atoms with Crippen LogP contribution in [-0.2, 0) is 0 Å². The number of anilines is 1. The molecule has 2 heterocycles. The minimum atomic E-state index is 0.546. The smallest absolute Gasteiger partial charge is 0.0942 e. The largest absolute Gasteiger partial charge is 0.369 e. The summed E-state index contributed by atoms with van der Waals surface area (Å²) >= 11 is 2.01.